The highest BCUT2D eigenvalue weighted by Crippen LogP contribution is 2.14. The van der Waals surface area contributed by atoms with Gasteiger partial charge < -0.3 is 14.4 Å². The van der Waals surface area contributed by atoms with Crippen LogP contribution in [0.1, 0.15) is 19.8 Å². The third kappa shape index (κ3) is 3.87. The molecule has 0 atom stereocenters. The first-order valence-corrected chi connectivity index (χ1v) is 5.12. The Labute approximate surface area is 80.1 Å². The molecule has 0 radical (unpaired) electrons. The standard InChI is InChI=1S/C10H19NO2/c1-2-13-8-7-11-5-3-10(9-12)4-6-11/h9-10H,2-8H2,1H3. The number of likely N-dealkylation sites (tertiary alicyclic amines) is 1. The molecule has 0 unspecified atom stereocenters. The summed E-state index contributed by atoms with van der Waals surface area (Å²) in [6.07, 6.45) is 3.14. The van der Waals surface area contributed by atoms with Gasteiger partial charge in [0.25, 0.3) is 0 Å². The molecule has 1 aliphatic heterocycles. The average Bonchev–Trinajstić information content (AvgIpc) is 2.19. The molecule has 0 saturated carbocycles. The third-order valence-corrected chi connectivity index (χ3v) is 2.58. The molecule has 0 spiro atoms. The van der Waals surface area contributed by atoms with E-state index in [1.807, 2.05) is 6.92 Å². The Hall–Kier alpha value is -0.410. The number of hydrogen-bond donors (Lipinski definition) is 0. The van der Waals surface area contributed by atoms with Gasteiger partial charge >= 0.3 is 0 Å². The summed E-state index contributed by atoms with van der Waals surface area (Å²) in [5.41, 5.74) is 0. The van der Waals surface area contributed by atoms with Crippen LogP contribution in [-0.4, -0.2) is 44.0 Å². The number of rotatable bonds is 5. The fourth-order valence-electron chi connectivity index (χ4n) is 1.65. The molecule has 0 aromatic heterocycles. The van der Waals surface area contributed by atoms with Crippen molar-refractivity contribution >= 4 is 6.29 Å². The van der Waals surface area contributed by atoms with Gasteiger partial charge in [-0.3, -0.25) is 0 Å². The van der Waals surface area contributed by atoms with E-state index in [0.29, 0.717) is 5.92 Å². The van der Waals surface area contributed by atoms with Gasteiger partial charge in [-0.15, -0.1) is 0 Å². The molecule has 1 heterocycles. The first kappa shape index (κ1) is 10.7. The van der Waals surface area contributed by atoms with Crippen LogP contribution < -0.4 is 0 Å². The van der Waals surface area contributed by atoms with Gasteiger partial charge in [0.05, 0.1) is 6.61 Å². The zero-order chi connectivity index (χ0) is 9.52. The van der Waals surface area contributed by atoms with Gasteiger partial charge in [-0.25, -0.2) is 0 Å². The Morgan fingerprint density at radius 1 is 1.46 bits per heavy atom. The Balaban J connectivity index is 2.07. The van der Waals surface area contributed by atoms with E-state index < -0.39 is 0 Å². The lowest BCUT2D eigenvalue weighted by atomic mass is 9.99. The molecule has 0 amide bonds. The fourth-order valence-corrected chi connectivity index (χ4v) is 1.65. The second-order valence-electron chi connectivity index (χ2n) is 3.51. The minimum atomic E-state index is 0.309. The summed E-state index contributed by atoms with van der Waals surface area (Å²) in [4.78, 5) is 12.9. The van der Waals surface area contributed by atoms with Gasteiger partial charge in [0, 0.05) is 19.1 Å². The summed E-state index contributed by atoms with van der Waals surface area (Å²) in [5, 5.41) is 0. The van der Waals surface area contributed by atoms with Crippen LogP contribution in [0.4, 0.5) is 0 Å². The molecule has 3 heteroatoms. The Morgan fingerprint density at radius 3 is 2.69 bits per heavy atom. The monoisotopic (exact) mass is 185 g/mol. The van der Waals surface area contributed by atoms with Crippen molar-refractivity contribution in [1.29, 1.82) is 0 Å². The molecule has 13 heavy (non-hydrogen) atoms. The van der Waals surface area contributed by atoms with Gasteiger partial charge in [-0.05, 0) is 32.9 Å². The maximum atomic E-state index is 10.5. The molecule has 0 aromatic carbocycles. The highest BCUT2D eigenvalue weighted by Gasteiger charge is 2.17. The van der Waals surface area contributed by atoms with Crippen molar-refractivity contribution in [2.24, 2.45) is 5.92 Å². The van der Waals surface area contributed by atoms with Crippen molar-refractivity contribution in [3.63, 3.8) is 0 Å². The summed E-state index contributed by atoms with van der Waals surface area (Å²) >= 11 is 0. The number of carbonyl (C=O) groups is 1. The average molecular weight is 185 g/mol. The van der Waals surface area contributed by atoms with Crippen molar-refractivity contribution < 1.29 is 9.53 Å². The van der Waals surface area contributed by atoms with Crippen molar-refractivity contribution in [2.45, 2.75) is 19.8 Å². The topological polar surface area (TPSA) is 29.5 Å². The Kier molecular flexibility index (Phi) is 5.01. The lowest BCUT2D eigenvalue weighted by molar-refractivity contribution is -0.112. The van der Waals surface area contributed by atoms with E-state index in [1.165, 1.54) is 0 Å². The lowest BCUT2D eigenvalue weighted by Gasteiger charge is -2.29. The normalized spacial score (nSPS) is 20.4. The van der Waals surface area contributed by atoms with E-state index in [4.69, 9.17) is 4.74 Å². The van der Waals surface area contributed by atoms with Gasteiger partial charge in [-0.1, -0.05) is 0 Å². The molecular weight excluding hydrogens is 166 g/mol. The van der Waals surface area contributed by atoms with Crippen molar-refractivity contribution in [3.05, 3.63) is 0 Å². The predicted molar refractivity (Wildman–Crippen MR) is 51.7 cm³/mol. The van der Waals surface area contributed by atoms with Gasteiger partial charge in [0.15, 0.2) is 0 Å². The molecule has 0 aromatic rings. The molecule has 76 valence electrons. The van der Waals surface area contributed by atoms with E-state index >= 15 is 0 Å². The number of piperidine rings is 1. The smallest absolute Gasteiger partial charge is 0.123 e. The summed E-state index contributed by atoms with van der Waals surface area (Å²) in [5.74, 6) is 0.309. The molecule has 0 N–H and O–H groups in total. The summed E-state index contributed by atoms with van der Waals surface area (Å²) in [6, 6.07) is 0. The number of ether oxygens (including phenoxy) is 1. The van der Waals surface area contributed by atoms with Crippen LogP contribution in [0.5, 0.6) is 0 Å². The number of nitrogens with zero attached hydrogens (tertiary/aromatic N) is 1. The van der Waals surface area contributed by atoms with E-state index in [2.05, 4.69) is 4.90 Å². The van der Waals surface area contributed by atoms with Crippen LogP contribution in [0.25, 0.3) is 0 Å². The number of carbonyl (C=O) groups excluding carboxylic acids is 1. The third-order valence-electron chi connectivity index (χ3n) is 2.58. The quantitative estimate of drug-likeness (QED) is 0.471. The van der Waals surface area contributed by atoms with Crippen LogP contribution in [0.15, 0.2) is 0 Å². The second kappa shape index (κ2) is 6.11. The first-order valence-electron chi connectivity index (χ1n) is 5.12. The van der Waals surface area contributed by atoms with Gasteiger partial charge in [-0.2, -0.15) is 0 Å². The van der Waals surface area contributed by atoms with Gasteiger partial charge in [0.1, 0.15) is 6.29 Å². The predicted octanol–water partition coefficient (Wildman–Crippen LogP) is 0.934. The molecular formula is C10H19NO2. The fraction of sp³-hybridized carbons (Fsp3) is 0.900. The highest BCUT2D eigenvalue weighted by molar-refractivity contribution is 5.53. The minimum absolute atomic E-state index is 0.309. The van der Waals surface area contributed by atoms with E-state index in [9.17, 15) is 4.79 Å². The molecule has 1 aliphatic rings. The van der Waals surface area contributed by atoms with Crippen molar-refractivity contribution in [3.8, 4) is 0 Å². The summed E-state index contributed by atoms with van der Waals surface area (Å²) in [6.45, 7) is 6.75. The maximum absolute atomic E-state index is 10.5. The van der Waals surface area contributed by atoms with Crippen LogP contribution in [0, 0.1) is 5.92 Å². The summed E-state index contributed by atoms with van der Waals surface area (Å²) < 4.78 is 5.28. The van der Waals surface area contributed by atoms with Crippen molar-refractivity contribution in [1.82, 2.24) is 4.90 Å². The maximum Gasteiger partial charge on any atom is 0.123 e. The number of aldehydes is 1. The molecule has 1 rings (SSSR count). The molecule has 1 fully saturated rings. The van der Waals surface area contributed by atoms with E-state index in [0.717, 1.165) is 52.0 Å². The minimum Gasteiger partial charge on any atom is -0.380 e. The first-order chi connectivity index (χ1) is 6.36. The largest absolute Gasteiger partial charge is 0.380 e. The molecule has 0 bridgehead atoms. The zero-order valence-corrected chi connectivity index (χ0v) is 8.37. The SMILES string of the molecule is CCOCCN1CCC(C=O)CC1. The molecule has 3 nitrogen and oxygen atoms in total. The lowest BCUT2D eigenvalue weighted by Crippen LogP contribution is -2.36. The Bertz CT molecular complexity index is 142. The van der Waals surface area contributed by atoms with Crippen molar-refractivity contribution in [2.75, 3.05) is 32.8 Å². The molecule has 0 aliphatic carbocycles. The van der Waals surface area contributed by atoms with Crippen LogP contribution in [0.2, 0.25) is 0 Å². The Morgan fingerprint density at radius 2 is 2.15 bits per heavy atom. The highest BCUT2D eigenvalue weighted by atomic mass is 16.5. The number of hydrogen-bond acceptors (Lipinski definition) is 3. The zero-order valence-electron chi connectivity index (χ0n) is 8.37. The summed E-state index contributed by atoms with van der Waals surface area (Å²) in [7, 11) is 0. The second-order valence-corrected chi connectivity index (χ2v) is 3.51. The van der Waals surface area contributed by atoms with Gasteiger partial charge in [0.2, 0.25) is 0 Å². The van der Waals surface area contributed by atoms with Crippen LogP contribution in [-0.2, 0) is 9.53 Å². The molecule has 1 saturated heterocycles. The van der Waals surface area contributed by atoms with Crippen LogP contribution in [0.3, 0.4) is 0 Å². The van der Waals surface area contributed by atoms with Crippen LogP contribution >= 0.6 is 0 Å². The van der Waals surface area contributed by atoms with E-state index in [1.54, 1.807) is 0 Å². The van der Waals surface area contributed by atoms with E-state index in [-0.39, 0.29) is 0 Å².